The number of aromatic nitrogens is 2. The van der Waals surface area contributed by atoms with Gasteiger partial charge in [0.15, 0.2) is 0 Å². The third-order valence-electron chi connectivity index (χ3n) is 4.17. The number of nitrogens with zero attached hydrogens (tertiary/aromatic N) is 2. The number of benzene rings is 1. The summed E-state index contributed by atoms with van der Waals surface area (Å²) in [6.07, 6.45) is 4.89. The molecule has 0 radical (unpaired) electrons. The van der Waals surface area contributed by atoms with Crippen LogP contribution in [-0.2, 0) is 4.74 Å². The summed E-state index contributed by atoms with van der Waals surface area (Å²) in [4.78, 5) is 4.24. The Labute approximate surface area is 111 Å². The van der Waals surface area contributed by atoms with Crippen molar-refractivity contribution in [2.45, 2.75) is 31.1 Å². The first-order valence-corrected chi connectivity index (χ1v) is 6.77. The first-order chi connectivity index (χ1) is 9.36. The first kappa shape index (κ1) is 11.2. The standard InChI is InChI=1S/C15H16N2O2/c18-13-6-3-7-19-15(13)14-11-5-2-1-4-10(11)12-8-16-9-17(12)14/h1-2,4-5,8-9,13-15,18H,3,6-7H2/t13?,14-,15?/m1/s1. The van der Waals surface area contributed by atoms with Crippen molar-refractivity contribution in [2.24, 2.45) is 0 Å². The molecule has 0 saturated carbocycles. The number of hydrogen-bond acceptors (Lipinski definition) is 3. The van der Waals surface area contributed by atoms with E-state index in [2.05, 4.69) is 21.7 Å². The quantitative estimate of drug-likeness (QED) is 0.849. The lowest BCUT2D eigenvalue weighted by Gasteiger charge is -2.33. The van der Waals surface area contributed by atoms with E-state index in [1.165, 1.54) is 11.1 Å². The van der Waals surface area contributed by atoms with Gasteiger partial charge >= 0.3 is 0 Å². The van der Waals surface area contributed by atoms with Crippen molar-refractivity contribution in [3.8, 4) is 11.3 Å². The predicted molar refractivity (Wildman–Crippen MR) is 70.8 cm³/mol. The Morgan fingerprint density at radius 3 is 3.11 bits per heavy atom. The molecule has 1 N–H and O–H groups in total. The van der Waals surface area contributed by atoms with Gasteiger partial charge in [0, 0.05) is 12.2 Å². The molecule has 1 aromatic heterocycles. The number of imidazole rings is 1. The van der Waals surface area contributed by atoms with E-state index < -0.39 is 6.10 Å². The van der Waals surface area contributed by atoms with E-state index >= 15 is 0 Å². The van der Waals surface area contributed by atoms with Gasteiger partial charge in [-0.1, -0.05) is 24.3 Å². The number of aliphatic hydroxyl groups excluding tert-OH is 1. The molecule has 0 aliphatic carbocycles. The third kappa shape index (κ3) is 1.57. The molecule has 0 bridgehead atoms. The van der Waals surface area contributed by atoms with Crippen LogP contribution in [0.2, 0.25) is 0 Å². The fourth-order valence-corrected chi connectivity index (χ4v) is 3.30. The number of aliphatic hydroxyl groups is 1. The molecule has 0 spiro atoms. The lowest BCUT2D eigenvalue weighted by molar-refractivity contribution is -0.0892. The monoisotopic (exact) mass is 256 g/mol. The van der Waals surface area contributed by atoms with Crippen LogP contribution in [-0.4, -0.2) is 33.5 Å². The minimum atomic E-state index is -0.403. The molecule has 2 aliphatic rings. The number of fused-ring (bicyclic) bond motifs is 3. The highest BCUT2D eigenvalue weighted by atomic mass is 16.5. The molecular formula is C15H16N2O2. The summed E-state index contributed by atoms with van der Waals surface area (Å²) in [7, 11) is 0. The van der Waals surface area contributed by atoms with Gasteiger partial charge < -0.3 is 14.4 Å². The molecular weight excluding hydrogens is 240 g/mol. The maximum atomic E-state index is 10.3. The lowest BCUT2D eigenvalue weighted by atomic mass is 9.93. The minimum Gasteiger partial charge on any atom is -0.390 e. The maximum Gasteiger partial charge on any atom is 0.108 e. The average molecular weight is 256 g/mol. The largest absolute Gasteiger partial charge is 0.390 e. The van der Waals surface area contributed by atoms with E-state index in [9.17, 15) is 5.11 Å². The lowest BCUT2D eigenvalue weighted by Crippen LogP contribution is -2.40. The van der Waals surface area contributed by atoms with Crippen LogP contribution in [0.15, 0.2) is 36.8 Å². The normalized spacial score (nSPS) is 29.0. The van der Waals surface area contributed by atoms with Crippen LogP contribution in [0.5, 0.6) is 0 Å². The van der Waals surface area contributed by atoms with Crippen LogP contribution >= 0.6 is 0 Å². The molecule has 1 fully saturated rings. The van der Waals surface area contributed by atoms with Gasteiger partial charge in [-0.3, -0.25) is 0 Å². The van der Waals surface area contributed by atoms with Gasteiger partial charge in [0.2, 0.25) is 0 Å². The molecule has 1 aromatic carbocycles. The van der Waals surface area contributed by atoms with Crippen LogP contribution in [0.3, 0.4) is 0 Å². The average Bonchev–Trinajstić information content (AvgIpc) is 3.00. The second-order valence-electron chi connectivity index (χ2n) is 5.26. The molecule has 1 saturated heterocycles. The summed E-state index contributed by atoms with van der Waals surface area (Å²) in [5, 5.41) is 10.3. The highest BCUT2D eigenvalue weighted by Gasteiger charge is 2.39. The topological polar surface area (TPSA) is 47.3 Å². The van der Waals surface area contributed by atoms with Gasteiger partial charge in [0.05, 0.1) is 30.4 Å². The Kier molecular flexibility index (Phi) is 2.47. The van der Waals surface area contributed by atoms with Gasteiger partial charge in [-0.05, 0) is 18.4 Å². The fourth-order valence-electron chi connectivity index (χ4n) is 3.30. The molecule has 2 aromatic rings. The van der Waals surface area contributed by atoms with E-state index in [1.807, 2.05) is 24.7 Å². The molecule has 3 atom stereocenters. The summed E-state index contributed by atoms with van der Waals surface area (Å²) >= 11 is 0. The van der Waals surface area contributed by atoms with Crippen molar-refractivity contribution in [3.05, 3.63) is 42.4 Å². The zero-order valence-corrected chi connectivity index (χ0v) is 10.6. The van der Waals surface area contributed by atoms with Crippen LogP contribution in [0.4, 0.5) is 0 Å². The first-order valence-electron chi connectivity index (χ1n) is 6.77. The molecule has 4 rings (SSSR count). The Hall–Kier alpha value is -1.65. The van der Waals surface area contributed by atoms with Crippen molar-refractivity contribution in [2.75, 3.05) is 6.61 Å². The van der Waals surface area contributed by atoms with Crippen LogP contribution in [0, 0.1) is 0 Å². The summed E-state index contributed by atoms with van der Waals surface area (Å²) in [6.45, 7) is 0.727. The highest BCUT2D eigenvalue weighted by Crippen LogP contribution is 2.43. The molecule has 4 heteroatoms. The molecule has 4 nitrogen and oxygen atoms in total. The van der Waals surface area contributed by atoms with Gasteiger partial charge in [0.1, 0.15) is 6.10 Å². The number of hydrogen-bond donors (Lipinski definition) is 1. The SMILES string of the molecule is OC1CCCOC1[C@H]1c2ccccc2-c2cncn21. The Balaban J connectivity index is 1.84. The third-order valence-corrected chi connectivity index (χ3v) is 4.17. The minimum absolute atomic E-state index is 0.0454. The van der Waals surface area contributed by atoms with Crippen LogP contribution < -0.4 is 0 Å². The smallest absolute Gasteiger partial charge is 0.108 e. The van der Waals surface area contributed by atoms with Crippen LogP contribution in [0.1, 0.15) is 24.4 Å². The van der Waals surface area contributed by atoms with Gasteiger partial charge in [-0.2, -0.15) is 0 Å². The van der Waals surface area contributed by atoms with Crippen molar-refractivity contribution in [3.63, 3.8) is 0 Å². The fraction of sp³-hybridized carbons (Fsp3) is 0.400. The molecule has 98 valence electrons. The molecule has 0 amide bonds. The van der Waals surface area contributed by atoms with E-state index in [4.69, 9.17) is 4.74 Å². The van der Waals surface area contributed by atoms with E-state index in [0.717, 1.165) is 25.1 Å². The Morgan fingerprint density at radius 2 is 2.21 bits per heavy atom. The van der Waals surface area contributed by atoms with Gasteiger partial charge in [-0.25, -0.2) is 4.98 Å². The maximum absolute atomic E-state index is 10.3. The number of rotatable bonds is 1. The molecule has 3 heterocycles. The summed E-state index contributed by atoms with van der Waals surface area (Å²) in [5.74, 6) is 0. The molecule has 2 unspecified atom stereocenters. The highest BCUT2D eigenvalue weighted by molar-refractivity contribution is 5.69. The van der Waals surface area contributed by atoms with E-state index in [1.54, 1.807) is 0 Å². The van der Waals surface area contributed by atoms with Crippen molar-refractivity contribution < 1.29 is 9.84 Å². The molecule has 2 aliphatic heterocycles. The Bertz CT molecular complexity index is 608. The van der Waals surface area contributed by atoms with Gasteiger partial charge in [0.25, 0.3) is 0 Å². The number of ether oxygens (including phenoxy) is 1. The van der Waals surface area contributed by atoms with E-state index in [0.29, 0.717) is 0 Å². The molecule has 19 heavy (non-hydrogen) atoms. The second kappa shape index (κ2) is 4.18. The summed E-state index contributed by atoms with van der Waals surface area (Å²) in [5.41, 5.74) is 3.54. The van der Waals surface area contributed by atoms with Gasteiger partial charge in [-0.15, -0.1) is 0 Å². The zero-order chi connectivity index (χ0) is 12.8. The summed E-state index contributed by atoms with van der Waals surface area (Å²) < 4.78 is 7.99. The zero-order valence-electron chi connectivity index (χ0n) is 10.6. The summed E-state index contributed by atoms with van der Waals surface area (Å²) in [6, 6.07) is 8.36. The predicted octanol–water partition coefficient (Wildman–Crippen LogP) is 1.99. The van der Waals surface area contributed by atoms with Crippen molar-refractivity contribution in [1.29, 1.82) is 0 Å². The second-order valence-corrected chi connectivity index (χ2v) is 5.26. The van der Waals surface area contributed by atoms with Crippen molar-refractivity contribution >= 4 is 0 Å². The van der Waals surface area contributed by atoms with Crippen molar-refractivity contribution in [1.82, 2.24) is 9.55 Å². The van der Waals surface area contributed by atoms with Crippen LogP contribution in [0.25, 0.3) is 11.3 Å². The van der Waals surface area contributed by atoms with E-state index in [-0.39, 0.29) is 12.1 Å². The Morgan fingerprint density at radius 1 is 1.32 bits per heavy atom.